The molecule has 0 saturated carbocycles. The van der Waals surface area contributed by atoms with Crippen molar-refractivity contribution in [2.45, 2.75) is 45.7 Å². The fourth-order valence-corrected chi connectivity index (χ4v) is 3.78. The minimum atomic E-state index is -0.282. The van der Waals surface area contributed by atoms with E-state index in [4.69, 9.17) is 9.15 Å². The molecule has 0 N–H and O–H groups in total. The Kier molecular flexibility index (Phi) is 4.99. The third-order valence-corrected chi connectivity index (χ3v) is 5.43. The molecule has 27 heavy (non-hydrogen) atoms. The molecule has 3 aromatic rings. The van der Waals surface area contributed by atoms with Crippen LogP contribution in [0.5, 0.6) is 5.75 Å². The Hall–Kier alpha value is -2.59. The minimum Gasteiger partial charge on any atom is -0.478 e. The van der Waals surface area contributed by atoms with Gasteiger partial charge in [-0.25, -0.2) is 4.79 Å². The lowest BCUT2D eigenvalue weighted by Crippen LogP contribution is -2.34. The Labute approximate surface area is 159 Å². The molecular weight excluding hydrogens is 338 g/mol. The quantitative estimate of drug-likeness (QED) is 0.595. The normalized spacial score (nSPS) is 15.3. The molecule has 4 heteroatoms. The van der Waals surface area contributed by atoms with E-state index in [1.807, 2.05) is 18.2 Å². The molecule has 140 valence electrons. The van der Waals surface area contributed by atoms with Crippen molar-refractivity contribution in [3.63, 3.8) is 0 Å². The van der Waals surface area contributed by atoms with Crippen molar-refractivity contribution in [3.8, 4) is 5.75 Å². The van der Waals surface area contributed by atoms with Gasteiger partial charge in [-0.1, -0.05) is 43.7 Å². The first-order valence-electron chi connectivity index (χ1n) is 9.67. The lowest BCUT2D eigenvalue weighted by molar-refractivity contribution is 0.0620. The van der Waals surface area contributed by atoms with Crippen molar-refractivity contribution in [1.29, 1.82) is 0 Å². The second-order valence-corrected chi connectivity index (χ2v) is 7.22. The number of rotatable bonds is 5. The molecule has 0 amide bonds. The molecule has 0 saturated heterocycles. The highest BCUT2D eigenvalue weighted by Crippen LogP contribution is 2.36. The zero-order valence-corrected chi connectivity index (χ0v) is 15.9. The van der Waals surface area contributed by atoms with Crippen molar-refractivity contribution in [2.75, 3.05) is 6.73 Å². The van der Waals surface area contributed by atoms with Crippen LogP contribution in [0, 0.1) is 0 Å². The van der Waals surface area contributed by atoms with Crippen LogP contribution in [0.25, 0.3) is 11.0 Å². The molecule has 1 aliphatic rings. The van der Waals surface area contributed by atoms with Crippen molar-refractivity contribution in [2.24, 2.45) is 0 Å². The van der Waals surface area contributed by atoms with E-state index in [-0.39, 0.29) is 11.7 Å². The van der Waals surface area contributed by atoms with E-state index in [1.165, 1.54) is 5.56 Å². The first-order valence-corrected chi connectivity index (χ1v) is 9.67. The Bertz CT molecular complexity index is 994. The van der Waals surface area contributed by atoms with Crippen LogP contribution in [0.1, 0.15) is 49.4 Å². The summed E-state index contributed by atoms with van der Waals surface area (Å²) in [6.07, 6.45) is 3.05. The number of benzene rings is 2. The van der Waals surface area contributed by atoms with Crippen molar-refractivity contribution < 1.29 is 9.15 Å². The topological polar surface area (TPSA) is 42.7 Å². The molecular formula is C23H25NO3. The number of nitrogens with zero attached hydrogens (tertiary/aromatic N) is 1. The van der Waals surface area contributed by atoms with E-state index in [9.17, 15) is 4.79 Å². The van der Waals surface area contributed by atoms with Gasteiger partial charge in [-0.2, -0.15) is 0 Å². The molecule has 0 unspecified atom stereocenters. The summed E-state index contributed by atoms with van der Waals surface area (Å²) in [5.41, 5.74) is 3.68. The van der Waals surface area contributed by atoms with E-state index in [0.717, 1.165) is 41.5 Å². The van der Waals surface area contributed by atoms with Crippen LogP contribution in [0.4, 0.5) is 0 Å². The average Bonchev–Trinajstić information content (AvgIpc) is 2.71. The predicted molar refractivity (Wildman–Crippen MR) is 107 cm³/mol. The van der Waals surface area contributed by atoms with Gasteiger partial charge in [-0.15, -0.1) is 0 Å². The van der Waals surface area contributed by atoms with Crippen molar-refractivity contribution in [1.82, 2.24) is 4.90 Å². The van der Waals surface area contributed by atoms with E-state index < -0.39 is 0 Å². The summed E-state index contributed by atoms with van der Waals surface area (Å²) < 4.78 is 11.7. The molecule has 1 aliphatic heterocycles. The monoisotopic (exact) mass is 363 g/mol. The van der Waals surface area contributed by atoms with Gasteiger partial charge in [0.2, 0.25) is 0 Å². The van der Waals surface area contributed by atoms with Crippen molar-refractivity contribution in [3.05, 3.63) is 75.6 Å². The van der Waals surface area contributed by atoms with E-state index in [0.29, 0.717) is 18.9 Å². The van der Waals surface area contributed by atoms with Gasteiger partial charge in [0.25, 0.3) is 0 Å². The number of hydrogen-bond donors (Lipinski definition) is 0. The van der Waals surface area contributed by atoms with Crippen LogP contribution in [0.2, 0.25) is 0 Å². The molecule has 0 radical (unpaired) electrons. The maximum atomic E-state index is 12.2. The van der Waals surface area contributed by atoms with Gasteiger partial charge >= 0.3 is 5.63 Å². The second kappa shape index (κ2) is 7.57. The second-order valence-electron chi connectivity index (χ2n) is 7.22. The molecule has 0 fully saturated rings. The predicted octanol–water partition coefficient (Wildman–Crippen LogP) is 5.05. The summed E-state index contributed by atoms with van der Waals surface area (Å²) in [5.74, 6) is 0.815. The SMILES string of the molecule is CCCCc1cc(=O)oc2c3c(ccc12)OCN([C@H](C)c1ccccc1)C3. The summed E-state index contributed by atoms with van der Waals surface area (Å²) in [6.45, 7) is 5.56. The Balaban J connectivity index is 1.73. The summed E-state index contributed by atoms with van der Waals surface area (Å²) in [4.78, 5) is 14.4. The van der Waals surface area contributed by atoms with Gasteiger partial charge in [0.15, 0.2) is 0 Å². The lowest BCUT2D eigenvalue weighted by atomic mass is 10.00. The first-order chi connectivity index (χ1) is 13.2. The zero-order chi connectivity index (χ0) is 18.8. The fourth-order valence-electron chi connectivity index (χ4n) is 3.78. The smallest absolute Gasteiger partial charge is 0.336 e. The molecule has 0 bridgehead atoms. The maximum absolute atomic E-state index is 12.2. The van der Waals surface area contributed by atoms with E-state index in [2.05, 4.69) is 43.0 Å². The first kappa shape index (κ1) is 17.8. The van der Waals surface area contributed by atoms with Gasteiger partial charge in [0, 0.05) is 24.0 Å². The van der Waals surface area contributed by atoms with Gasteiger partial charge in [-0.05, 0) is 43.0 Å². The third kappa shape index (κ3) is 3.50. The van der Waals surface area contributed by atoms with E-state index in [1.54, 1.807) is 6.07 Å². The fraction of sp³-hybridized carbons (Fsp3) is 0.348. The Morgan fingerprint density at radius 3 is 2.74 bits per heavy atom. The molecule has 0 aliphatic carbocycles. The van der Waals surface area contributed by atoms with Crippen LogP contribution in [-0.4, -0.2) is 11.6 Å². The van der Waals surface area contributed by atoms with Crippen LogP contribution in [0.15, 0.2) is 57.7 Å². The van der Waals surface area contributed by atoms with Gasteiger partial charge in [-0.3, -0.25) is 4.90 Å². The molecule has 1 atom stereocenters. The summed E-state index contributed by atoms with van der Waals surface area (Å²) in [7, 11) is 0. The van der Waals surface area contributed by atoms with Crippen molar-refractivity contribution >= 4 is 11.0 Å². The van der Waals surface area contributed by atoms with E-state index >= 15 is 0 Å². The molecule has 4 rings (SSSR count). The highest BCUT2D eigenvalue weighted by molar-refractivity contribution is 5.85. The highest BCUT2D eigenvalue weighted by Gasteiger charge is 2.26. The van der Waals surface area contributed by atoms with Crippen LogP contribution in [-0.2, 0) is 13.0 Å². The number of unbranched alkanes of at least 4 members (excludes halogenated alkanes) is 1. The number of aryl methyl sites for hydroxylation is 1. The Morgan fingerprint density at radius 1 is 1.15 bits per heavy atom. The van der Waals surface area contributed by atoms with Crippen LogP contribution in [0.3, 0.4) is 0 Å². The maximum Gasteiger partial charge on any atom is 0.336 e. The summed E-state index contributed by atoms with van der Waals surface area (Å²) >= 11 is 0. The molecule has 2 aromatic carbocycles. The number of hydrogen-bond acceptors (Lipinski definition) is 4. The molecule has 2 heterocycles. The average molecular weight is 363 g/mol. The third-order valence-electron chi connectivity index (χ3n) is 5.43. The summed E-state index contributed by atoms with van der Waals surface area (Å²) in [6, 6.07) is 16.3. The van der Waals surface area contributed by atoms with Crippen LogP contribution >= 0.6 is 0 Å². The minimum absolute atomic E-state index is 0.213. The highest BCUT2D eigenvalue weighted by atomic mass is 16.5. The van der Waals surface area contributed by atoms with Gasteiger partial charge < -0.3 is 9.15 Å². The standard InChI is InChI=1S/C23H25NO3/c1-3-4-8-18-13-22(25)27-23-19(18)11-12-21-20(23)14-24(15-26-21)16(2)17-9-6-5-7-10-17/h5-7,9-13,16H,3-4,8,14-15H2,1-2H3/t16-/m1/s1. The van der Waals surface area contributed by atoms with Crippen LogP contribution < -0.4 is 10.4 Å². The molecule has 4 nitrogen and oxygen atoms in total. The number of ether oxygens (including phenoxy) is 1. The number of fused-ring (bicyclic) bond motifs is 3. The molecule has 0 spiro atoms. The summed E-state index contributed by atoms with van der Waals surface area (Å²) in [5, 5.41) is 1.03. The molecule has 1 aromatic heterocycles. The lowest BCUT2D eigenvalue weighted by Gasteiger charge is -2.34. The largest absolute Gasteiger partial charge is 0.478 e. The van der Waals surface area contributed by atoms with Gasteiger partial charge in [0.1, 0.15) is 18.1 Å². The zero-order valence-electron chi connectivity index (χ0n) is 15.9. The van der Waals surface area contributed by atoms with Gasteiger partial charge in [0.05, 0.1) is 5.56 Å². The Morgan fingerprint density at radius 2 is 1.96 bits per heavy atom.